The van der Waals surface area contributed by atoms with Gasteiger partial charge in [0, 0.05) is 23.7 Å². The Morgan fingerprint density at radius 3 is 2.74 bits per heavy atom. The number of nitrogens with zero attached hydrogens (tertiary/aromatic N) is 6. The van der Waals surface area contributed by atoms with E-state index in [0.717, 1.165) is 32.5 Å². The molecule has 0 unspecified atom stereocenters. The van der Waals surface area contributed by atoms with Gasteiger partial charge in [-0.25, -0.2) is 9.97 Å². The van der Waals surface area contributed by atoms with Crippen molar-refractivity contribution < 1.29 is 4.74 Å². The maximum absolute atomic E-state index is 9.89. The molecule has 0 aliphatic carbocycles. The zero-order valence-electron chi connectivity index (χ0n) is 19.2. The van der Waals surface area contributed by atoms with Gasteiger partial charge in [-0.1, -0.05) is 6.07 Å². The number of aromatic amines is 1. The predicted octanol–water partition coefficient (Wildman–Crippen LogP) is 5.43. The van der Waals surface area contributed by atoms with E-state index in [1.807, 2.05) is 48.7 Å². The van der Waals surface area contributed by atoms with Gasteiger partial charge in [-0.05, 0) is 49.8 Å². The largest absolute Gasteiger partial charge is 0.481 e. The Hall–Kier alpha value is -4.73. The summed E-state index contributed by atoms with van der Waals surface area (Å²) in [7, 11) is 1.54. The molecular weight excluding hydrogens is 458 g/mol. The average molecular weight is 478 g/mol. The van der Waals surface area contributed by atoms with Gasteiger partial charge in [-0.3, -0.25) is 4.98 Å². The van der Waals surface area contributed by atoms with Crippen molar-refractivity contribution >= 4 is 34.0 Å². The summed E-state index contributed by atoms with van der Waals surface area (Å²) in [5.41, 5.74) is 5.91. The van der Waals surface area contributed by atoms with Crippen molar-refractivity contribution in [3.05, 3.63) is 77.1 Å². The molecule has 5 aromatic heterocycles. The van der Waals surface area contributed by atoms with Crippen molar-refractivity contribution in [3.8, 4) is 33.6 Å². The van der Waals surface area contributed by atoms with Crippen molar-refractivity contribution in [2.75, 3.05) is 7.11 Å². The number of rotatable bonds is 5. The van der Waals surface area contributed by atoms with Gasteiger partial charge >= 0.3 is 0 Å². The number of pyridine rings is 2. The summed E-state index contributed by atoms with van der Waals surface area (Å²) in [6.07, 6.45) is 5.18. The second-order valence-corrected chi connectivity index (χ2v) is 8.85. The Morgan fingerprint density at radius 2 is 2.03 bits per heavy atom. The summed E-state index contributed by atoms with van der Waals surface area (Å²) >= 11 is 1.51. The Bertz CT molecular complexity index is 1680. The second kappa shape index (κ2) is 8.90. The van der Waals surface area contributed by atoms with E-state index in [0.29, 0.717) is 33.9 Å². The highest BCUT2D eigenvalue weighted by atomic mass is 32.1. The van der Waals surface area contributed by atoms with E-state index in [9.17, 15) is 10.5 Å². The molecule has 8 nitrogen and oxygen atoms in total. The molecule has 0 aromatic carbocycles. The van der Waals surface area contributed by atoms with Gasteiger partial charge < -0.3 is 14.3 Å². The molecule has 9 heteroatoms. The number of ether oxygens (including phenoxy) is 1. The summed E-state index contributed by atoms with van der Waals surface area (Å²) in [6, 6.07) is 15.9. The standard InChI is InChI=1S/C26H19N7OS/c1-15-8-17(9-18(12-27)25-31-21-11-24(34-3)30-14-22(21)32-25)16(2)33(15)26-19(13-28)10-23(35-26)20-6-4-5-7-29-20/h4-11,14H,1-3H3,(H,31,32)/b18-9+. The average Bonchev–Trinajstić information content (AvgIpc) is 3.57. The van der Waals surface area contributed by atoms with Crippen LogP contribution in [-0.2, 0) is 0 Å². The smallest absolute Gasteiger partial charge is 0.215 e. The Labute approximate surface area is 205 Å². The number of aromatic nitrogens is 5. The number of fused-ring (bicyclic) bond motifs is 1. The normalized spacial score (nSPS) is 11.4. The molecule has 35 heavy (non-hydrogen) atoms. The first kappa shape index (κ1) is 22.1. The highest BCUT2D eigenvalue weighted by Gasteiger charge is 2.18. The Morgan fingerprint density at radius 1 is 1.17 bits per heavy atom. The van der Waals surface area contributed by atoms with Crippen LogP contribution in [0.3, 0.4) is 0 Å². The minimum absolute atomic E-state index is 0.390. The van der Waals surface area contributed by atoms with Crippen LogP contribution in [0.25, 0.3) is 38.3 Å². The van der Waals surface area contributed by atoms with E-state index in [1.165, 1.54) is 11.3 Å². The predicted molar refractivity (Wildman–Crippen MR) is 135 cm³/mol. The summed E-state index contributed by atoms with van der Waals surface area (Å²) in [5, 5.41) is 20.5. The zero-order chi connectivity index (χ0) is 24.5. The third-order valence-electron chi connectivity index (χ3n) is 5.65. The molecule has 0 bridgehead atoms. The van der Waals surface area contributed by atoms with Crippen molar-refractivity contribution in [2.45, 2.75) is 13.8 Å². The molecule has 5 aromatic rings. The van der Waals surface area contributed by atoms with Crippen LogP contribution in [-0.4, -0.2) is 31.6 Å². The summed E-state index contributed by atoms with van der Waals surface area (Å²) in [6.45, 7) is 3.96. The van der Waals surface area contributed by atoms with E-state index in [-0.39, 0.29) is 0 Å². The molecule has 5 rings (SSSR count). The number of hydrogen-bond acceptors (Lipinski definition) is 7. The van der Waals surface area contributed by atoms with Crippen molar-refractivity contribution in [1.82, 2.24) is 24.5 Å². The van der Waals surface area contributed by atoms with Crippen LogP contribution in [0.1, 0.15) is 28.3 Å². The van der Waals surface area contributed by atoms with Gasteiger partial charge in [-0.15, -0.1) is 11.3 Å². The van der Waals surface area contributed by atoms with Gasteiger partial charge in [-0.2, -0.15) is 10.5 Å². The lowest BCUT2D eigenvalue weighted by Gasteiger charge is -2.07. The minimum atomic E-state index is 0.390. The number of imidazole rings is 1. The number of allylic oxidation sites excluding steroid dienone is 1. The van der Waals surface area contributed by atoms with Crippen LogP contribution < -0.4 is 4.74 Å². The zero-order valence-corrected chi connectivity index (χ0v) is 20.0. The van der Waals surface area contributed by atoms with Crippen molar-refractivity contribution in [1.29, 1.82) is 10.5 Å². The molecule has 0 aliphatic rings. The Balaban J connectivity index is 1.58. The van der Waals surface area contributed by atoms with Crippen LogP contribution in [0.5, 0.6) is 5.88 Å². The number of thiophene rings is 1. The minimum Gasteiger partial charge on any atom is -0.481 e. The molecular formula is C26H19N7OS. The summed E-state index contributed by atoms with van der Waals surface area (Å²) in [5.74, 6) is 0.907. The highest BCUT2D eigenvalue weighted by molar-refractivity contribution is 7.18. The number of H-pyrrole nitrogens is 1. The molecule has 0 fully saturated rings. The number of aryl methyl sites for hydroxylation is 1. The number of nitriles is 2. The molecule has 170 valence electrons. The summed E-state index contributed by atoms with van der Waals surface area (Å²) in [4.78, 5) is 17.2. The fourth-order valence-corrected chi connectivity index (χ4v) is 5.15. The lowest BCUT2D eigenvalue weighted by atomic mass is 10.1. The number of hydrogen-bond donors (Lipinski definition) is 1. The van der Waals surface area contributed by atoms with Crippen molar-refractivity contribution in [2.24, 2.45) is 0 Å². The molecule has 1 N–H and O–H groups in total. The lowest BCUT2D eigenvalue weighted by Crippen LogP contribution is -1.98. The molecule has 0 saturated carbocycles. The second-order valence-electron chi connectivity index (χ2n) is 7.82. The summed E-state index contributed by atoms with van der Waals surface area (Å²) < 4.78 is 7.21. The molecule has 0 amide bonds. The lowest BCUT2D eigenvalue weighted by molar-refractivity contribution is 0.398. The van der Waals surface area contributed by atoms with Gasteiger partial charge in [0.05, 0.1) is 46.0 Å². The Kier molecular flexibility index (Phi) is 5.61. The third-order valence-corrected chi connectivity index (χ3v) is 6.79. The first-order valence-electron chi connectivity index (χ1n) is 10.7. The topological polar surface area (TPSA) is 116 Å². The first-order valence-corrected chi connectivity index (χ1v) is 11.5. The number of methoxy groups -OCH3 is 1. The molecule has 0 aliphatic heterocycles. The fraction of sp³-hybridized carbons (Fsp3) is 0.115. The van der Waals surface area contributed by atoms with Crippen LogP contribution in [0.4, 0.5) is 0 Å². The quantitative estimate of drug-likeness (QED) is 0.337. The highest BCUT2D eigenvalue weighted by Crippen LogP contribution is 2.36. The van der Waals surface area contributed by atoms with Gasteiger partial charge in [0.2, 0.25) is 5.88 Å². The molecule has 0 spiro atoms. The molecule has 0 saturated heterocycles. The van der Waals surface area contributed by atoms with E-state index in [2.05, 4.69) is 32.1 Å². The monoisotopic (exact) mass is 477 g/mol. The van der Waals surface area contributed by atoms with Gasteiger partial charge in [0.15, 0.2) is 0 Å². The van der Waals surface area contributed by atoms with Crippen LogP contribution >= 0.6 is 11.3 Å². The van der Waals surface area contributed by atoms with Gasteiger partial charge in [0.1, 0.15) is 23.0 Å². The fourth-order valence-electron chi connectivity index (χ4n) is 3.95. The van der Waals surface area contributed by atoms with Crippen LogP contribution in [0.2, 0.25) is 0 Å². The van der Waals surface area contributed by atoms with Crippen molar-refractivity contribution in [3.63, 3.8) is 0 Å². The molecule has 0 atom stereocenters. The van der Waals surface area contributed by atoms with E-state index in [4.69, 9.17) is 4.74 Å². The molecule has 0 radical (unpaired) electrons. The van der Waals surface area contributed by atoms with Crippen LogP contribution in [0, 0.1) is 36.5 Å². The molecule has 5 heterocycles. The maximum atomic E-state index is 9.89. The SMILES string of the molecule is COc1cc2nc(/C(C#N)=C/c3cc(C)n(-c4sc(-c5ccccn5)cc4C#N)c3C)[nH]c2cn1. The van der Waals surface area contributed by atoms with Gasteiger partial charge in [0.25, 0.3) is 0 Å². The van der Waals surface area contributed by atoms with E-state index in [1.54, 1.807) is 31.6 Å². The van der Waals surface area contributed by atoms with E-state index >= 15 is 0 Å². The van der Waals surface area contributed by atoms with Crippen LogP contribution in [0.15, 0.2) is 48.8 Å². The number of nitrogens with one attached hydrogen (secondary N) is 1. The first-order chi connectivity index (χ1) is 17.0. The third kappa shape index (κ3) is 3.95. The maximum Gasteiger partial charge on any atom is 0.215 e. The van der Waals surface area contributed by atoms with E-state index < -0.39 is 0 Å².